The largest absolute Gasteiger partial charge is 0.497 e. The van der Waals surface area contributed by atoms with Crippen molar-refractivity contribution >= 4 is 22.4 Å². The predicted octanol–water partition coefficient (Wildman–Crippen LogP) is 3.29. The molecule has 1 saturated heterocycles. The van der Waals surface area contributed by atoms with Crippen molar-refractivity contribution < 1.29 is 8.95 Å². The van der Waals surface area contributed by atoms with Crippen LogP contribution in [0.15, 0.2) is 35.6 Å². The molecule has 1 aromatic carbocycles. The predicted molar refractivity (Wildman–Crippen MR) is 122 cm³/mol. The van der Waals surface area contributed by atoms with E-state index in [1.54, 1.807) is 11.6 Å². The van der Waals surface area contributed by atoms with Crippen molar-refractivity contribution in [2.75, 3.05) is 25.5 Å². The number of nitrogens with zero attached hydrogens (tertiary/aromatic N) is 4. The molecule has 2 aromatic heterocycles. The summed E-state index contributed by atoms with van der Waals surface area (Å²) in [6.07, 6.45) is 3.55. The molecule has 2 unspecified atom stereocenters. The van der Waals surface area contributed by atoms with E-state index >= 15 is 0 Å². The van der Waals surface area contributed by atoms with Crippen LogP contribution in [0, 0.1) is 0 Å². The van der Waals surface area contributed by atoms with Crippen LogP contribution in [0.25, 0.3) is 5.65 Å². The quantitative estimate of drug-likeness (QED) is 0.580. The number of fused-ring (bicyclic) bond motifs is 1. The summed E-state index contributed by atoms with van der Waals surface area (Å²) >= 11 is 0. The number of nitrogens with one attached hydrogen (secondary N) is 2. The standard InChI is InChI=1S/C22H30N6O2S/c1-14(2)19-13-24-28-20(19)26-22(31(29)18-8-10-23-11-9-18)27-21(28)25-15(3)16-6-5-7-17(12-16)30-4/h5-7,12-15,18,23H,8-11H2,1-4H3,(H,25,26,27). The maximum absolute atomic E-state index is 13.3. The van der Waals surface area contributed by atoms with Gasteiger partial charge >= 0.3 is 0 Å². The molecule has 2 N–H and O–H groups in total. The normalized spacial score (nSPS) is 17.1. The Bertz CT molecular complexity index is 1080. The van der Waals surface area contributed by atoms with Crippen molar-refractivity contribution in [1.29, 1.82) is 0 Å². The highest BCUT2D eigenvalue weighted by Crippen LogP contribution is 2.26. The molecule has 0 saturated carbocycles. The van der Waals surface area contributed by atoms with Crippen molar-refractivity contribution in [2.45, 2.75) is 56.0 Å². The Morgan fingerprint density at radius 3 is 2.71 bits per heavy atom. The highest BCUT2D eigenvalue weighted by Gasteiger charge is 2.26. The first-order valence-corrected chi connectivity index (χ1v) is 12.0. The number of ether oxygens (including phenoxy) is 1. The Labute approximate surface area is 185 Å². The third-order valence-corrected chi connectivity index (χ3v) is 7.32. The lowest BCUT2D eigenvalue weighted by Gasteiger charge is -2.22. The molecule has 2 atom stereocenters. The fraction of sp³-hybridized carbons (Fsp3) is 0.500. The van der Waals surface area contributed by atoms with E-state index in [1.807, 2.05) is 30.5 Å². The van der Waals surface area contributed by atoms with Crippen LogP contribution >= 0.6 is 0 Å². The molecule has 166 valence electrons. The van der Waals surface area contributed by atoms with E-state index in [9.17, 15) is 4.21 Å². The average Bonchev–Trinajstić information content (AvgIpc) is 3.24. The van der Waals surface area contributed by atoms with Gasteiger partial charge in [-0.2, -0.15) is 14.6 Å². The average molecular weight is 443 g/mol. The molecule has 3 heterocycles. The van der Waals surface area contributed by atoms with Crippen molar-refractivity contribution in [1.82, 2.24) is 24.9 Å². The smallest absolute Gasteiger partial charge is 0.228 e. The molecule has 1 aliphatic heterocycles. The third kappa shape index (κ3) is 4.57. The van der Waals surface area contributed by atoms with Gasteiger partial charge in [-0.1, -0.05) is 26.0 Å². The minimum atomic E-state index is -1.27. The number of methoxy groups -OCH3 is 1. The number of hydrogen-bond acceptors (Lipinski definition) is 7. The maximum Gasteiger partial charge on any atom is 0.228 e. The zero-order valence-corrected chi connectivity index (χ0v) is 19.3. The lowest BCUT2D eigenvalue weighted by molar-refractivity contribution is 0.414. The van der Waals surface area contributed by atoms with Crippen LogP contribution < -0.4 is 15.4 Å². The van der Waals surface area contributed by atoms with Gasteiger partial charge in [-0.05, 0) is 56.5 Å². The van der Waals surface area contributed by atoms with Crippen LogP contribution in [0.4, 0.5) is 5.95 Å². The van der Waals surface area contributed by atoms with Crippen LogP contribution in [0.3, 0.4) is 0 Å². The van der Waals surface area contributed by atoms with E-state index in [0.29, 0.717) is 16.8 Å². The number of piperidine rings is 1. The number of rotatable bonds is 7. The molecule has 0 bridgehead atoms. The second-order valence-electron chi connectivity index (χ2n) is 8.21. The van der Waals surface area contributed by atoms with E-state index in [-0.39, 0.29) is 17.2 Å². The van der Waals surface area contributed by atoms with Crippen molar-refractivity contribution in [3.05, 3.63) is 41.6 Å². The van der Waals surface area contributed by atoms with Gasteiger partial charge in [0, 0.05) is 10.8 Å². The van der Waals surface area contributed by atoms with Gasteiger partial charge in [0.05, 0.1) is 30.1 Å². The zero-order chi connectivity index (χ0) is 22.0. The molecule has 8 nitrogen and oxygen atoms in total. The Hall–Kier alpha value is -2.52. The summed E-state index contributed by atoms with van der Waals surface area (Å²) in [6, 6.07) is 7.86. The monoisotopic (exact) mass is 442 g/mol. The zero-order valence-electron chi connectivity index (χ0n) is 18.5. The van der Waals surface area contributed by atoms with Gasteiger partial charge in [-0.25, -0.2) is 4.98 Å². The van der Waals surface area contributed by atoms with Crippen LogP contribution in [0.2, 0.25) is 0 Å². The van der Waals surface area contributed by atoms with Crippen molar-refractivity contribution in [2.24, 2.45) is 0 Å². The second kappa shape index (κ2) is 9.32. The Balaban J connectivity index is 1.73. The Morgan fingerprint density at radius 2 is 2.00 bits per heavy atom. The van der Waals surface area contributed by atoms with E-state index < -0.39 is 10.8 Å². The third-order valence-electron chi connectivity index (χ3n) is 5.71. The van der Waals surface area contributed by atoms with Gasteiger partial charge in [0.1, 0.15) is 5.75 Å². The summed E-state index contributed by atoms with van der Waals surface area (Å²) in [7, 11) is 0.388. The lowest BCUT2D eigenvalue weighted by Crippen LogP contribution is -2.34. The van der Waals surface area contributed by atoms with Gasteiger partial charge in [-0.3, -0.25) is 4.21 Å². The molecule has 3 aromatic rings. The molecule has 0 aliphatic carbocycles. The summed E-state index contributed by atoms with van der Waals surface area (Å²) < 4.78 is 20.4. The van der Waals surface area contributed by atoms with Crippen LogP contribution in [-0.4, -0.2) is 49.2 Å². The minimum Gasteiger partial charge on any atom is -0.497 e. The van der Waals surface area contributed by atoms with E-state index in [1.165, 1.54) is 0 Å². The van der Waals surface area contributed by atoms with Crippen LogP contribution in [-0.2, 0) is 10.8 Å². The first kappa shape index (κ1) is 21.7. The van der Waals surface area contributed by atoms with Gasteiger partial charge in [0.15, 0.2) is 5.65 Å². The number of anilines is 1. The van der Waals surface area contributed by atoms with E-state index in [0.717, 1.165) is 42.8 Å². The Kier molecular flexibility index (Phi) is 6.52. The fourth-order valence-corrected chi connectivity index (χ4v) is 5.13. The highest BCUT2D eigenvalue weighted by molar-refractivity contribution is 7.85. The number of hydrogen-bond donors (Lipinski definition) is 2. The molecular formula is C22H30N6O2S. The molecular weight excluding hydrogens is 412 g/mol. The molecule has 9 heteroatoms. The molecule has 31 heavy (non-hydrogen) atoms. The van der Waals surface area contributed by atoms with E-state index in [4.69, 9.17) is 9.72 Å². The summed E-state index contributed by atoms with van der Waals surface area (Å²) in [5, 5.41) is 11.7. The molecule has 0 amide bonds. The number of benzene rings is 1. The lowest BCUT2D eigenvalue weighted by atomic mass is 10.1. The summed E-state index contributed by atoms with van der Waals surface area (Å²) in [6.45, 7) is 8.02. The van der Waals surface area contributed by atoms with Crippen LogP contribution in [0.1, 0.15) is 56.7 Å². The molecule has 0 spiro atoms. The second-order valence-corrected chi connectivity index (χ2v) is 9.84. The molecule has 1 aliphatic rings. The highest BCUT2D eigenvalue weighted by atomic mass is 32.2. The summed E-state index contributed by atoms with van der Waals surface area (Å²) in [5.41, 5.74) is 2.79. The van der Waals surface area contributed by atoms with Crippen molar-refractivity contribution in [3.8, 4) is 5.75 Å². The van der Waals surface area contributed by atoms with Gasteiger partial charge in [0.2, 0.25) is 11.1 Å². The van der Waals surface area contributed by atoms with Crippen molar-refractivity contribution in [3.63, 3.8) is 0 Å². The Morgan fingerprint density at radius 1 is 1.23 bits per heavy atom. The van der Waals surface area contributed by atoms with Gasteiger partial charge in [0.25, 0.3) is 0 Å². The van der Waals surface area contributed by atoms with Gasteiger partial charge in [-0.15, -0.1) is 0 Å². The van der Waals surface area contributed by atoms with E-state index in [2.05, 4.69) is 41.5 Å². The first-order chi connectivity index (χ1) is 15.0. The minimum absolute atomic E-state index is 0.0555. The topological polar surface area (TPSA) is 93.4 Å². The summed E-state index contributed by atoms with van der Waals surface area (Å²) in [5.74, 6) is 1.59. The molecule has 4 rings (SSSR count). The molecule has 1 fully saturated rings. The van der Waals surface area contributed by atoms with Gasteiger partial charge < -0.3 is 15.4 Å². The van der Waals surface area contributed by atoms with Crippen LogP contribution in [0.5, 0.6) is 5.75 Å². The SMILES string of the molecule is COc1cccc(C(C)Nc2nc(S(=O)C3CCNCC3)nc3c(C(C)C)cnn23)c1. The fourth-order valence-electron chi connectivity index (χ4n) is 3.81. The summed E-state index contributed by atoms with van der Waals surface area (Å²) in [4.78, 5) is 9.39. The molecule has 0 radical (unpaired) electrons. The number of aromatic nitrogens is 4. The maximum atomic E-state index is 13.3. The first-order valence-electron chi connectivity index (χ1n) is 10.8.